The zero-order valence-corrected chi connectivity index (χ0v) is 11.2. The molecule has 2 aromatic rings. The second-order valence-corrected chi connectivity index (χ2v) is 5.83. The minimum atomic E-state index is -0.0133. The minimum Gasteiger partial charge on any atom is -0.305 e. The van der Waals surface area contributed by atoms with Crippen molar-refractivity contribution in [3.05, 3.63) is 28.5 Å². The van der Waals surface area contributed by atoms with E-state index in [9.17, 15) is 0 Å². The van der Waals surface area contributed by atoms with Crippen molar-refractivity contribution in [3.63, 3.8) is 0 Å². The molecule has 0 radical (unpaired) electrons. The fourth-order valence-corrected chi connectivity index (χ4v) is 1.93. The number of thiazole rings is 1. The maximum Gasteiger partial charge on any atom is 0.106 e. The molecule has 5 nitrogen and oxygen atoms in total. The lowest BCUT2D eigenvalue weighted by atomic mass is 10.1. The van der Waals surface area contributed by atoms with Crippen molar-refractivity contribution in [2.75, 3.05) is 0 Å². The zero-order chi connectivity index (χ0) is 12.3. The average molecular weight is 251 g/mol. The van der Waals surface area contributed by atoms with E-state index >= 15 is 0 Å². The molecule has 17 heavy (non-hydrogen) atoms. The topological polar surface area (TPSA) is 55.6 Å². The van der Waals surface area contributed by atoms with Crippen molar-refractivity contribution in [1.29, 1.82) is 0 Å². The molecule has 0 aliphatic rings. The van der Waals surface area contributed by atoms with Crippen molar-refractivity contribution in [2.24, 2.45) is 0 Å². The molecule has 0 aromatic carbocycles. The maximum atomic E-state index is 4.21. The van der Waals surface area contributed by atoms with E-state index in [2.05, 4.69) is 41.4 Å². The summed E-state index contributed by atoms with van der Waals surface area (Å²) in [6.45, 7) is 7.81. The fraction of sp³-hybridized carbons (Fsp3) is 0.545. The van der Waals surface area contributed by atoms with Crippen molar-refractivity contribution in [2.45, 2.75) is 39.4 Å². The van der Waals surface area contributed by atoms with Crippen LogP contribution in [0.5, 0.6) is 0 Å². The van der Waals surface area contributed by atoms with Crippen molar-refractivity contribution in [1.82, 2.24) is 25.3 Å². The summed E-state index contributed by atoms with van der Waals surface area (Å²) in [5, 5.41) is 14.6. The summed E-state index contributed by atoms with van der Waals surface area (Å²) in [5.74, 6) is 0. The summed E-state index contributed by atoms with van der Waals surface area (Å²) in [6.07, 6.45) is 3.80. The van der Waals surface area contributed by atoms with Crippen molar-refractivity contribution >= 4 is 11.3 Å². The molecule has 92 valence electrons. The third kappa shape index (κ3) is 3.34. The quantitative estimate of drug-likeness (QED) is 0.900. The Hall–Kier alpha value is -1.27. The summed E-state index contributed by atoms with van der Waals surface area (Å²) in [6, 6.07) is 0. The Morgan fingerprint density at radius 2 is 2.18 bits per heavy atom. The van der Waals surface area contributed by atoms with Crippen LogP contribution < -0.4 is 5.32 Å². The Labute approximate surface area is 105 Å². The van der Waals surface area contributed by atoms with Gasteiger partial charge in [-0.15, -0.1) is 16.4 Å². The van der Waals surface area contributed by atoms with Gasteiger partial charge in [-0.3, -0.25) is 0 Å². The van der Waals surface area contributed by atoms with Crippen LogP contribution in [0, 0.1) is 0 Å². The lowest BCUT2D eigenvalue weighted by molar-refractivity contribution is 0.347. The summed E-state index contributed by atoms with van der Waals surface area (Å²) >= 11 is 1.65. The molecule has 1 N–H and O–H groups in total. The van der Waals surface area contributed by atoms with E-state index in [0.717, 1.165) is 23.8 Å². The molecular formula is C11H17N5S. The number of nitrogens with zero attached hydrogens (tertiary/aromatic N) is 4. The van der Waals surface area contributed by atoms with Crippen LogP contribution in [0.25, 0.3) is 0 Å². The first-order chi connectivity index (χ1) is 8.05. The van der Waals surface area contributed by atoms with Crippen molar-refractivity contribution < 1.29 is 0 Å². The fourth-order valence-electron chi connectivity index (χ4n) is 1.35. The molecule has 0 unspecified atom stereocenters. The van der Waals surface area contributed by atoms with Crippen LogP contribution in [-0.2, 0) is 18.6 Å². The molecule has 2 aromatic heterocycles. The summed E-state index contributed by atoms with van der Waals surface area (Å²) in [7, 11) is 0. The minimum absolute atomic E-state index is 0.0133. The van der Waals surface area contributed by atoms with E-state index in [1.165, 1.54) is 0 Å². The van der Waals surface area contributed by atoms with Gasteiger partial charge < -0.3 is 5.32 Å². The van der Waals surface area contributed by atoms with E-state index in [-0.39, 0.29) is 5.54 Å². The predicted molar refractivity (Wildman–Crippen MR) is 67.7 cm³/mol. The molecule has 0 aliphatic carbocycles. The monoisotopic (exact) mass is 251 g/mol. The van der Waals surface area contributed by atoms with Crippen LogP contribution in [-0.4, -0.2) is 20.0 Å². The van der Waals surface area contributed by atoms with E-state index in [1.807, 2.05) is 22.5 Å². The Morgan fingerprint density at radius 3 is 2.76 bits per heavy atom. The van der Waals surface area contributed by atoms with Gasteiger partial charge in [0.05, 0.1) is 17.4 Å². The Morgan fingerprint density at radius 1 is 1.35 bits per heavy atom. The van der Waals surface area contributed by atoms with Gasteiger partial charge in [0.15, 0.2) is 0 Å². The van der Waals surface area contributed by atoms with E-state index in [0.29, 0.717) is 0 Å². The highest BCUT2D eigenvalue weighted by Crippen LogP contribution is 2.11. The number of aromatic nitrogens is 4. The maximum absolute atomic E-state index is 4.21. The Bertz CT molecular complexity index is 454. The van der Waals surface area contributed by atoms with Gasteiger partial charge in [0.2, 0.25) is 0 Å². The van der Waals surface area contributed by atoms with Crippen LogP contribution in [0.1, 0.15) is 31.5 Å². The van der Waals surface area contributed by atoms with E-state index in [1.54, 1.807) is 11.3 Å². The summed E-state index contributed by atoms with van der Waals surface area (Å²) in [5.41, 5.74) is 0.942. The third-order valence-electron chi connectivity index (χ3n) is 2.29. The van der Waals surface area contributed by atoms with Crippen LogP contribution in [0.4, 0.5) is 0 Å². The van der Waals surface area contributed by atoms with E-state index in [4.69, 9.17) is 0 Å². The first-order valence-corrected chi connectivity index (χ1v) is 6.44. The van der Waals surface area contributed by atoms with Gasteiger partial charge in [-0.25, -0.2) is 9.67 Å². The number of hydrogen-bond donors (Lipinski definition) is 1. The smallest absolute Gasteiger partial charge is 0.106 e. The van der Waals surface area contributed by atoms with Gasteiger partial charge in [0.25, 0.3) is 0 Å². The van der Waals surface area contributed by atoms with Gasteiger partial charge in [-0.1, -0.05) is 5.21 Å². The standard InChI is InChI=1S/C11H17N5S/c1-11(2,3)16-8-9(14-15-16)6-12-7-10-13-4-5-17-10/h4-5,8,12H,6-7H2,1-3H3. The lowest BCUT2D eigenvalue weighted by Crippen LogP contribution is -2.22. The Kier molecular flexibility index (Phi) is 3.54. The molecule has 0 bridgehead atoms. The summed E-state index contributed by atoms with van der Waals surface area (Å²) in [4.78, 5) is 4.21. The molecule has 6 heteroatoms. The van der Waals surface area contributed by atoms with Gasteiger partial charge >= 0.3 is 0 Å². The first-order valence-electron chi connectivity index (χ1n) is 5.56. The third-order valence-corrected chi connectivity index (χ3v) is 3.07. The lowest BCUT2D eigenvalue weighted by Gasteiger charge is -2.17. The van der Waals surface area contributed by atoms with Crippen molar-refractivity contribution in [3.8, 4) is 0 Å². The van der Waals surface area contributed by atoms with Gasteiger partial charge in [0, 0.05) is 24.7 Å². The Balaban J connectivity index is 1.85. The molecule has 0 amide bonds. The second-order valence-electron chi connectivity index (χ2n) is 4.85. The van der Waals surface area contributed by atoms with Crippen LogP contribution >= 0.6 is 11.3 Å². The molecular weight excluding hydrogens is 234 g/mol. The van der Waals surface area contributed by atoms with Crippen LogP contribution in [0.3, 0.4) is 0 Å². The normalized spacial score (nSPS) is 11.9. The molecule has 0 spiro atoms. The predicted octanol–water partition coefficient (Wildman–Crippen LogP) is 1.78. The second kappa shape index (κ2) is 4.93. The average Bonchev–Trinajstić information content (AvgIpc) is 2.86. The number of hydrogen-bond acceptors (Lipinski definition) is 5. The van der Waals surface area contributed by atoms with Gasteiger partial charge in [0.1, 0.15) is 5.01 Å². The van der Waals surface area contributed by atoms with Crippen LogP contribution in [0.15, 0.2) is 17.8 Å². The highest BCUT2D eigenvalue weighted by atomic mass is 32.1. The van der Waals surface area contributed by atoms with E-state index < -0.39 is 0 Å². The molecule has 2 heterocycles. The zero-order valence-electron chi connectivity index (χ0n) is 10.3. The van der Waals surface area contributed by atoms with Crippen LogP contribution in [0.2, 0.25) is 0 Å². The van der Waals surface area contributed by atoms with Gasteiger partial charge in [-0.2, -0.15) is 0 Å². The first kappa shape index (κ1) is 12.2. The number of nitrogens with one attached hydrogen (secondary N) is 1. The molecule has 0 fully saturated rings. The largest absolute Gasteiger partial charge is 0.305 e. The molecule has 0 aliphatic heterocycles. The van der Waals surface area contributed by atoms with Gasteiger partial charge in [-0.05, 0) is 20.8 Å². The highest BCUT2D eigenvalue weighted by Gasteiger charge is 2.14. The molecule has 0 atom stereocenters. The highest BCUT2D eigenvalue weighted by molar-refractivity contribution is 7.09. The summed E-state index contributed by atoms with van der Waals surface area (Å²) < 4.78 is 1.88. The number of rotatable bonds is 4. The molecule has 2 rings (SSSR count). The molecule has 0 saturated carbocycles. The SMILES string of the molecule is CC(C)(C)n1cc(CNCc2nccs2)nn1. The molecule has 0 saturated heterocycles.